The summed E-state index contributed by atoms with van der Waals surface area (Å²) in [5.41, 5.74) is 4.48. The normalized spacial score (nSPS) is 19.0. The van der Waals surface area contributed by atoms with E-state index in [1.165, 1.54) is 0 Å². The van der Waals surface area contributed by atoms with Crippen LogP contribution in [0.1, 0.15) is 47.2 Å². The molecule has 1 aliphatic heterocycles. The standard InChI is InChI=1S/C23H25NO3/c1-5-12-24-20(17-9-7-6-8-15(17)3)19(22(26)23(24)27)21(25)18-13-14(2)10-11-16(18)4/h6-11,13,20,25H,5,12H2,1-4H3/b21-19+. The van der Waals surface area contributed by atoms with Gasteiger partial charge in [-0.3, -0.25) is 9.59 Å². The zero-order valence-corrected chi connectivity index (χ0v) is 16.2. The van der Waals surface area contributed by atoms with Crippen LogP contribution in [0.4, 0.5) is 0 Å². The second-order valence-corrected chi connectivity index (χ2v) is 7.17. The number of aliphatic hydroxyl groups excluding tert-OH is 1. The molecule has 1 unspecified atom stereocenters. The third kappa shape index (κ3) is 3.27. The summed E-state index contributed by atoms with van der Waals surface area (Å²) in [6, 6.07) is 12.9. The van der Waals surface area contributed by atoms with Gasteiger partial charge in [-0.15, -0.1) is 0 Å². The van der Waals surface area contributed by atoms with Crippen LogP contribution in [0.2, 0.25) is 0 Å². The molecule has 1 aliphatic rings. The van der Waals surface area contributed by atoms with Crippen LogP contribution in [0.25, 0.3) is 5.76 Å². The molecule has 2 aromatic rings. The first-order valence-electron chi connectivity index (χ1n) is 9.28. The average Bonchev–Trinajstić information content (AvgIpc) is 2.89. The number of amides is 1. The van der Waals surface area contributed by atoms with Gasteiger partial charge < -0.3 is 10.0 Å². The topological polar surface area (TPSA) is 57.6 Å². The number of carbonyl (C=O) groups is 2. The molecule has 0 aliphatic carbocycles. The molecule has 2 aromatic carbocycles. The van der Waals surface area contributed by atoms with E-state index >= 15 is 0 Å². The average molecular weight is 363 g/mol. The fourth-order valence-corrected chi connectivity index (χ4v) is 3.70. The van der Waals surface area contributed by atoms with E-state index in [1.807, 2.05) is 70.2 Å². The minimum absolute atomic E-state index is 0.0959. The van der Waals surface area contributed by atoms with E-state index in [9.17, 15) is 14.7 Å². The van der Waals surface area contributed by atoms with Crippen molar-refractivity contribution in [2.24, 2.45) is 0 Å². The quantitative estimate of drug-likeness (QED) is 0.496. The van der Waals surface area contributed by atoms with Crippen molar-refractivity contribution in [2.45, 2.75) is 40.2 Å². The van der Waals surface area contributed by atoms with Gasteiger partial charge in [0.15, 0.2) is 0 Å². The molecule has 0 radical (unpaired) electrons. The fourth-order valence-electron chi connectivity index (χ4n) is 3.70. The Kier molecular flexibility index (Phi) is 5.17. The predicted molar refractivity (Wildman–Crippen MR) is 106 cm³/mol. The molecule has 4 heteroatoms. The number of rotatable bonds is 4. The first-order valence-corrected chi connectivity index (χ1v) is 9.28. The first-order chi connectivity index (χ1) is 12.9. The smallest absolute Gasteiger partial charge is 0.295 e. The highest BCUT2D eigenvalue weighted by molar-refractivity contribution is 6.46. The highest BCUT2D eigenvalue weighted by Crippen LogP contribution is 2.41. The van der Waals surface area contributed by atoms with Gasteiger partial charge in [0.1, 0.15) is 5.76 Å². The van der Waals surface area contributed by atoms with Crippen molar-refractivity contribution in [1.82, 2.24) is 4.90 Å². The van der Waals surface area contributed by atoms with Crippen LogP contribution in [0.5, 0.6) is 0 Å². The maximum atomic E-state index is 12.9. The number of benzene rings is 2. The van der Waals surface area contributed by atoms with Gasteiger partial charge in [-0.1, -0.05) is 48.9 Å². The first kappa shape index (κ1) is 18.9. The van der Waals surface area contributed by atoms with Gasteiger partial charge in [-0.25, -0.2) is 0 Å². The monoisotopic (exact) mass is 363 g/mol. The van der Waals surface area contributed by atoms with Crippen LogP contribution < -0.4 is 0 Å². The molecule has 0 bridgehead atoms. The van der Waals surface area contributed by atoms with Gasteiger partial charge in [0.2, 0.25) is 0 Å². The summed E-state index contributed by atoms with van der Waals surface area (Å²) in [5, 5.41) is 11.1. The van der Waals surface area contributed by atoms with Crippen LogP contribution in [-0.4, -0.2) is 28.2 Å². The summed E-state index contributed by atoms with van der Waals surface area (Å²) in [7, 11) is 0. The lowest BCUT2D eigenvalue weighted by Gasteiger charge is -2.26. The van der Waals surface area contributed by atoms with Crippen LogP contribution in [0.15, 0.2) is 48.0 Å². The van der Waals surface area contributed by atoms with E-state index < -0.39 is 17.7 Å². The Morgan fingerprint density at radius 2 is 1.74 bits per heavy atom. The minimum atomic E-state index is -0.616. The molecule has 140 valence electrons. The Bertz CT molecular complexity index is 942. The van der Waals surface area contributed by atoms with E-state index in [0.29, 0.717) is 12.1 Å². The number of aryl methyl sites for hydroxylation is 3. The number of carbonyl (C=O) groups excluding carboxylic acids is 2. The van der Waals surface area contributed by atoms with Crippen molar-refractivity contribution in [3.8, 4) is 0 Å². The fraction of sp³-hybridized carbons (Fsp3) is 0.304. The zero-order valence-electron chi connectivity index (χ0n) is 16.2. The lowest BCUT2D eigenvalue weighted by atomic mass is 9.91. The number of nitrogens with zero attached hydrogens (tertiary/aromatic N) is 1. The van der Waals surface area contributed by atoms with Crippen LogP contribution in [-0.2, 0) is 9.59 Å². The lowest BCUT2D eigenvalue weighted by Crippen LogP contribution is -2.30. The molecule has 1 saturated heterocycles. The Labute approximate surface area is 160 Å². The van der Waals surface area contributed by atoms with Crippen LogP contribution >= 0.6 is 0 Å². The molecule has 3 rings (SSSR count). The number of aliphatic hydroxyl groups is 1. The SMILES string of the molecule is CCCN1C(=O)C(=O)/C(=C(/O)c2cc(C)ccc2C)C1c1ccccc1C. The van der Waals surface area contributed by atoms with Gasteiger partial charge in [0, 0.05) is 12.1 Å². The highest BCUT2D eigenvalue weighted by atomic mass is 16.3. The second kappa shape index (κ2) is 7.39. The Morgan fingerprint density at radius 3 is 2.41 bits per heavy atom. The molecule has 1 heterocycles. The van der Waals surface area contributed by atoms with Gasteiger partial charge in [-0.2, -0.15) is 0 Å². The maximum absolute atomic E-state index is 12.9. The summed E-state index contributed by atoms with van der Waals surface area (Å²) in [6.07, 6.45) is 0.735. The minimum Gasteiger partial charge on any atom is -0.507 e. The Balaban J connectivity index is 2.27. The third-order valence-electron chi connectivity index (χ3n) is 5.14. The van der Waals surface area contributed by atoms with Gasteiger partial charge in [0.05, 0.1) is 11.6 Å². The van der Waals surface area contributed by atoms with E-state index in [2.05, 4.69) is 0 Å². The van der Waals surface area contributed by atoms with Crippen molar-refractivity contribution in [1.29, 1.82) is 0 Å². The molecule has 0 saturated carbocycles. The zero-order chi connectivity index (χ0) is 19.7. The van der Waals surface area contributed by atoms with Crippen molar-refractivity contribution in [3.05, 3.63) is 75.9 Å². The number of Topliss-reactive ketones (excluding diaryl/α,β-unsaturated/α-hetero) is 1. The summed E-state index contributed by atoms with van der Waals surface area (Å²) in [6.45, 7) is 8.22. The number of likely N-dealkylation sites (tertiary alicyclic amines) is 1. The molecule has 0 spiro atoms. The molecule has 1 fully saturated rings. The second-order valence-electron chi connectivity index (χ2n) is 7.17. The number of ketones is 1. The molecule has 4 nitrogen and oxygen atoms in total. The van der Waals surface area contributed by atoms with E-state index in [-0.39, 0.29) is 11.3 Å². The van der Waals surface area contributed by atoms with Crippen molar-refractivity contribution in [2.75, 3.05) is 6.54 Å². The van der Waals surface area contributed by atoms with Gasteiger partial charge in [0.25, 0.3) is 11.7 Å². The summed E-state index contributed by atoms with van der Waals surface area (Å²) in [4.78, 5) is 27.2. The molecule has 1 amide bonds. The Hall–Kier alpha value is -2.88. The van der Waals surface area contributed by atoms with E-state index in [1.54, 1.807) is 4.90 Å². The lowest BCUT2D eigenvalue weighted by molar-refractivity contribution is -0.139. The van der Waals surface area contributed by atoms with Crippen molar-refractivity contribution >= 4 is 17.4 Å². The van der Waals surface area contributed by atoms with Crippen molar-refractivity contribution in [3.63, 3.8) is 0 Å². The van der Waals surface area contributed by atoms with Gasteiger partial charge >= 0.3 is 0 Å². The Morgan fingerprint density at radius 1 is 1.04 bits per heavy atom. The van der Waals surface area contributed by atoms with E-state index in [0.717, 1.165) is 28.7 Å². The molecular weight excluding hydrogens is 338 g/mol. The van der Waals surface area contributed by atoms with E-state index in [4.69, 9.17) is 0 Å². The molecule has 27 heavy (non-hydrogen) atoms. The maximum Gasteiger partial charge on any atom is 0.295 e. The largest absolute Gasteiger partial charge is 0.507 e. The molecular formula is C23H25NO3. The number of hydrogen-bond acceptors (Lipinski definition) is 3. The predicted octanol–water partition coefficient (Wildman–Crippen LogP) is 4.44. The third-order valence-corrected chi connectivity index (χ3v) is 5.14. The van der Waals surface area contributed by atoms with Crippen LogP contribution in [0.3, 0.4) is 0 Å². The number of hydrogen-bond donors (Lipinski definition) is 1. The van der Waals surface area contributed by atoms with Crippen molar-refractivity contribution < 1.29 is 14.7 Å². The summed E-state index contributed by atoms with van der Waals surface area (Å²) >= 11 is 0. The molecule has 0 aromatic heterocycles. The molecule has 1 N–H and O–H groups in total. The summed E-state index contributed by atoms with van der Waals surface area (Å²) in [5.74, 6) is -1.26. The molecule has 1 atom stereocenters. The highest BCUT2D eigenvalue weighted by Gasteiger charge is 2.46. The van der Waals surface area contributed by atoms with Gasteiger partial charge in [-0.05, 0) is 49.9 Å². The summed E-state index contributed by atoms with van der Waals surface area (Å²) < 4.78 is 0. The van der Waals surface area contributed by atoms with Crippen LogP contribution in [0, 0.1) is 20.8 Å².